The molecule has 3 aliphatic rings. The van der Waals surface area contributed by atoms with Crippen molar-refractivity contribution < 1.29 is 27.3 Å². The van der Waals surface area contributed by atoms with Gasteiger partial charge in [-0.1, -0.05) is 53.5 Å². The summed E-state index contributed by atoms with van der Waals surface area (Å²) in [4.78, 5) is 15.9. The van der Waals surface area contributed by atoms with Crippen LogP contribution in [0.25, 0.3) is 0 Å². The van der Waals surface area contributed by atoms with Crippen LogP contribution in [0.2, 0.25) is 10.0 Å². The van der Waals surface area contributed by atoms with E-state index in [0.717, 1.165) is 5.56 Å². The molecular formula is C33H35Cl2NO6S2. The number of carbonyl (C=O) groups is 1. The van der Waals surface area contributed by atoms with Crippen molar-refractivity contribution in [1.29, 1.82) is 0 Å². The van der Waals surface area contributed by atoms with Crippen LogP contribution < -0.4 is 4.74 Å². The van der Waals surface area contributed by atoms with Crippen molar-refractivity contribution in [3.63, 3.8) is 0 Å². The number of aliphatic hydroxyl groups is 1. The highest BCUT2D eigenvalue weighted by Gasteiger charge is 2.68. The Kier molecular flexibility index (Phi) is 7.89. The number of benzene rings is 3. The van der Waals surface area contributed by atoms with E-state index in [9.17, 15) is 22.5 Å². The van der Waals surface area contributed by atoms with E-state index in [1.165, 1.54) is 0 Å². The molecule has 2 heterocycles. The van der Waals surface area contributed by atoms with Gasteiger partial charge in [-0.15, -0.1) is 0 Å². The van der Waals surface area contributed by atoms with Gasteiger partial charge in [-0.25, -0.2) is 8.42 Å². The summed E-state index contributed by atoms with van der Waals surface area (Å²) in [5.74, 6) is 4.12. The highest BCUT2D eigenvalue weighted by atomic mass is 35.5. The van der Waals surface area contributed by atoms with Gasteiger partial charge in [0.15, 0.2) is 9.84 Å². The maximum atomic E-state index is 14.8. The van der Waals surface area contributed by atoms with Crippen molar-refractivity contribution in [1.82, 2.24) is 4.90 Å². The summed E-state index contributed by atoms with van der Waals surface area (Å²) in [6, 6.07) is 19.0. The molecule has 1 N–H and O–H groups in total. The molecule has 44 heavy (non-hydrogen) atoms. The van der Waals surface area contributed by atoms with Crippen molar-refractivity contribution in [3.05, 3.63) is 93.5 Å². The predicted octanol–water partition coefficient (Wildman–Crippen LogP) is 5.42. The normalized spacial score (nSPS) is 30.0. The fourth-order valence-corrected chi connectivity index (χ4v) is 12.0. The smallest absolute Gasteiger partial charge is 0.255 e. The van der Waals surface area contributed by atoms with Gasteiger partial charge in [0.2, 0.25) is 0 Å². The molecule has 11 heteroatoms. The van der Waals surface area contributed by atoms with E-state index in [-0.39, 0.29) is 48.8 Å². The van der Waals surface area contributed by atoms with Gasteiger partial charge in [0.05, 0.1) is 10.4 Å². The molecule has 0 saturated carbocycles. The third kappa shape index (κ3) is 4.87. The van der Waals surface area contributed by atoms with Crippen LogP contribution in [0.1, 0.15) is 49.3 Å². The largest absolute Gasteiger partial charge is 0.489 e. The average molecular weight is 677 g/mol. The first-order valence-electron chi connectivity index (χ1n) is 14.6. The molecular weight excluding hydrogens is 641 g/mol. The lowest BCUT2D eigenvalue weighted by molar-refractivity contribution is -0.157. The van der Waals surface area contributed by atoms with Gasteiger partial charge in [0.25, 0.3) is 5.91 Å². The average Bonchev–Trinajstić information content (AvgIpc) is 3.33. The minimum absolute atomic E-state index is 0.0336. The van der Waals surface area contributed by atoms with Crippen LogP contribution in [0.3, 0.4) is 0 Å². The number of hydrogen-bond donors (Lipinski definition) is 1. The molecule has 2 atom stereocenters. The Labute approximate surface area is 269 Å². The molecule has 234 valence electrons. The molecule has 3 aromatic carbocycles. The molecule has 7 nitrogen and oxygen atoms in total. The Bertz CT molecular complexity index is 1810. The molecule has 6 rings (SSSR count). The summed E-state index contributed by atoms with van der Waals surface area (Å²) in [7, 11) is -6.40. The van der Waals surface area contributed by atoms with E-state index in [1.54, 1.807) is 65.6 Å². The highest BCUT2D eigenvalue weighted by molar-refractivity contribution is 8.00. The predicted molar refractivity (Wildman–Crippen MR) is 175 cm³/mol. The second kappa shape index (κ2) is 11.1. The number of halogens is 2. The van der Waals surface area contributed by atoms with E-state index in [4.69, 9.17) is 27.9 Å². The zero-order valence-electron chi connectivity index (χ0n) is 24.4. The first-order valence-corrected chi connectivity index (χ1v) is 18.9. The number of amides is 1. The summed E-state index contributed by atoms with van der Waals surface area (Å²) < 4.78 is 46.8. The van der Waals surface area contributed by atoms with Gasteiger partial charge in [0.1, 0.15) is 22.7 Å². The number of likely N-dealkylation sites (tertiary alicyclic amines) is 1. The first kappa shape index (κ1) is 31.4. The summed E-state index contributed by atoms with van der Waals surface area (Å²) in [6.45, 7) is 2.14. The van der Waals surface area contributed by atoms with Gasteiger partial charge >= 0.3 is 0 Å². The number of fused-ring (bicyclic) bond motifs is 3. The van der Waals surface area contributed by atoms with Gasteiger partial charge in [-0.05, 0) is 102 Å². The molecule has 1 aliphatic carbocycles. The van der Waals surface area contributed by atoms with Crippen molar-refractivity contribution in [2.45, 2.75) is 66.4 Å². The topological polar surface area (TPSA) is 101 Å². The minimum Gasteiger partial charge on any atom is -0.489 e. The van der Waals surface area contributed by atoms with Gasteiger partial charge in [-0.2, -0.15) is 0 Å². The van der Waals surface area contributed by atoms with Crippen LogP contribution in [-0.4, -0.2) is 63.6 Å². The van der Waals surface area contributed by atoms with E-state index in [0.29, 0.717) is 39.8 Å². The van der Waals surface area contributed by atoms with Crippen molar-refractivity contribution in [3.8, 4) is 5.75 Å². The molecule has 2 aliphatic heterocycles. The number of ether oxygens (including phenoxy) is 1. The van der Waals surface area contributed by atoms with Crippen LogP contribution in [0.15, 0.2) is 71.6 Å². The lowest BCUT2D eigenvalue weighted by Gasteiger charge is -2.52. The second-order valence-corrected chi connectivity index (χ2v) is 18.1. The number of carbonyl (C=O) groups excluding carboxylic acids is 1. The Morgan fingerprint density at radius 2 is 1.66 bits per heavy atom. The quantitative estimate of drug-likeness (QED) is 0.350. The van der Waals surface area contributed by atoms with E-state index in [1.807, 2.05) is 13.0 Å². The second-order valence-electron chi connectivity index (χ2n) is 12.3. The van der Waals surface area contributed by atoms with E-state index >= 15 is 0 Å². The lowest BCUT2D eigenvalue weighted by atomic mass is 9.70. The monoisotopic (exact) mass is 675 g/mol. The Hall–Kier alpha value is -2.56. The van der Waals surface area contributed by atoms with Gasteiger partial charge < -0.3 is 14.7 Å². The molecule has 0 radical (unpaired) electrons. The zero-order chi connectivity index (χ0) is 31.5. The van der Waals surface area contributed by atoms with E-state index in [2.05, 4.69) is 5.87 Å². The third-order valence-corrected chi connectivity index (χ3v) is 15.2. The molecule has 3 aromatic rings. The van der Waals surface area contributed by atoms with Crippen LogP contribution >= 0.6 is 23.2 Å². The molecule has 2 saturated heterocycles. The van der Waals surface area contributed by atoms with Gasteiger partial charge in [0, 0.05) is 33.7 Å². The number of aryl methyl sites for hydroxylation is 1. The molecule has 0 spiro atoms. The summed E-state index contributed by atoms with van der Waals surface area (Å²) in [5, 5.41) is 12.5. The fourth-order valence-electron chi connectivity index (χ4n) is 7.33. The standard InChI is InChI=1S/C33H35Cl2NO6S2/c1-31-14-13-23-21-24(42-22-26-28(34)9-6-10-29(26)35)11-12-27(23)33(31,44(40,41)25-7-4-3-5-8-25)15-18-36(31)30(37)32(38)16-19-43(2,39)20-17-32/h3-12,21,38H,2,13-20,22H2,1H3. The maximum Gasteiger partial charge on any atom is 0.255 e. The summed E-state index contributed by atoms with van der Waals surface area (Å²) in [5.41, 5.74) is -0.758. The van der Waals surface area contributed by atoms with Crippen LogP contribution in [0.4, 0.5) is 0 Å². The minimum atomic E-state index is -4.05. The summed E-state index contributed by atoms with van der Waals surface area (Å²) in [6.07, 6.45) is 1.09. The number of sulfone groups is 1. The van der Waals surface area contributed by atoms with E-state index < -0.39 is 41.2 Å². The first-order chi connectivity index (χ1) is 20.7. The van der Waals surface area contributed by atoms with Gasteiger partial charge in [-0.3, -0.25) is 9.00 Å². The number of hydrogen-bond acceptors (Lipinski definition) is 6. The lowest BCUT2D eigenvalue weighted by Crippen LogP contribution is -2.64. The molecule has 1 amide bonds. The Balaban J connectivity index is 1.42. The van der Waals surface area contributed by atoms with Crippen molar-refractivity contribution in [2.75, 3.05) is 18.1 Å². The maximum absolute atomic E-state index is 14.8. The van der Waals surface area contributed by atoms with Crippen LogP contribution in [-0.2, 0) is 41.9 Å². The summed E-state index contributed by atoms with van der Waals surface area (Å²) >= 11 is 12.7. The Morgan fingerprint density at radius 1 is 1.00 bits per heavy atom. The number of nitrogens with zero attached hydrogens (tertiary/aromatic N) is 1. The number of rotatable bonds is 6. The van der Waals surface area contributed by atoms with Crippen LogP contribution in [0.5, 0.6) is 5.75 Å². The fraction of sp³-hybridized carbons (Fsp3) is 0.394. The third-order valence-electron chi connectivity index (χ3n) is 9.92. The SMILES string of the molecule is C=S1(=O)CCC(O)(C(=O)N2CCC3(S(=O)(=O)c4ccccc4)c4ccc(OCc5c(Cl)cccc5Cl)cc4CCC23C)CC1. The molecule has 2 fully saturated rings. The molecule has 0 bridgehead atoms. The molecule has 2 unspecified atom stereocenters. The van der Waals surface area contributed by atoms with Crippen molar-refractivity contribution >= 4 is 54.3 Å². The highest BCUT2D eigenvalue weighted by Crippen LogP contribution is 2.59. The van der Waals surface area contributed by atoms with Crippen molar-refractivity contribution in [2.24, 2.45) is 0 Å². The Morgan fingerprint density at radius 3 is 2.32 bits per heavy atom. The van der Waals surface area contributed by atoms with Crippen LogP contribution in [0, 0.1) is 0 Å². The zero-order valence-corrected chi connectivity index (χ0v) is 27.6. The molecule has 0 aromatic heterocycles.